The molecule has 24 heavy (non-hydrogen) atoms. The lowest BCUT2D eigenvalue weighted by Crippen LogP contribution is -2.31. The highest BCUT2D eigenvalue weighted by Crippen LogP contribution is 2.18. The zero-order chi connectivity index (χ0) is 17.4. The molecule has 6 heteroatoms. The first-order chi connectivity index (χ1) is 11.6. The molecule has 1 aliphatic carbocycles. The van der Waals surface area contributed by atoms with E-state index >= 15 is 0 Å². The van der Waals surface area contributed by atoms with Gasteiger partial charge in [-0.1, -0.05) is 19.3 Å². The van der Waals surface area contributed by atoms with Gasteiger partial charge in [-0.2, -0.15) is 0 Å². The molecule has 2 rings (SSSR count). The number of rotatable bonds is 8. The number of unbranched alkanes of at least 4 members (excludes halogenated alkanes) is 3. The molecule has 0 radical (unpaired) electrons. The van der Waals surface area contributed by atoms with E-state index in [0.717, 1.165) is 62.6 Å². The van der Waals surface area contributed by atoms with Crippen LogP contribution < -0.4 is 10.9 Å². The van der Waals surface area contributed by atoms with Gasteiger partial charge in [0, 0.05) is 18.7 Å². The predicted octanol–water partition coefficient (Wildman–Crippen LogP) is 2.41. The van der Waals surface area contributed by atoms with E-state index in [1.807, 2.05) is 0 Å². The first kappa shape index (κ1) is 18.2. The lowest BCUT2D eigenvalue weighted by Gasteiger charge is -2.09. The summed E-state index contributed by atoms with van der Waals surface area (Å²) in [6, 6.07) is 1.75. The van der Waals surface area contributed by atoms with Gasteiger partial charge in [0.2, 0.25) is 0 Å². The lowest BCUT2D eigenvalue weighted by atomic mass is 10.1. The average molecular weight is 334 g/mol. The van der Waals surface area contributed by atoms with Crippen LogP contribution in [0.1, 0.15) is 73.0 Å². The molecule has 0 saturated carbocycles. The summed E-state index contributed by atoms with van der Waals surface area (Å²) >= 11 is 0. The van der Waals surface area contributed by atoms with Crippen molar-refractivity contribution in [1.29, 1.82) is 0 Å². The molecule has 132 valence electrons. The van der Waals surface area contributed by atoms with Gasteiger partial charge < -0.3 is 15.4 Å². The summed E-state index contributed by atoms with van der Waals surface area (Å²) in [7, 11) is 0. The molecule has 1 aromatic heterocycles. The van der Waals surface area contributed by atoms with Gasteiger partial charge in [-0.15, -0.1) is 0 Å². The van der Waals surface area contributed by atoms with Crippen molar-refractivity contribution in [3.8, 4) is 0 Å². The molecule has 0 unspecified atom stereocenters. The molecule has 0 spiro atoms. The van der Waals surface area contributed by atoms with Gasteiger partial charge in [0.25, 0.3) is 11.5 Å². The highest BCUT2D eigenvalue weighted by Gasteiger charge is 2.16. The number of amides is 1. The number of aromatic nitrogens is 1. The van der Waals surface area contributed by atoms with Gasteiger partial charge in [0.15, 0.2) is 0 Å². The maximum atomic E-state index is 12.2. The van der Waals surface area contributed by atoms with Crippen LogP contribution in [0.25, 0.3) is 0 Å². The van der Waals surface area contributed by atoms with Gasteiger partial charge in [-0.05, 0) is 50.2 Å². The van der Waals surface area contributed by atoms with Crippen molar-refractivity contribution >= 4 is 11.9 Å². The fourth-order valence-electron chi connectivity index (χ4n) is 3.07. The quantitative estimate of drug-likeness (QED) is 0.502. The summed E-state index contributed by atoms with van der Waals surface area (Å²) in [4.78, 5) is 37.6. The SMILES string of the molecule is O=C(O)CCCCCCNC(=O)c1cc2c([nH]c1=O)CCCCC2. The third kappa shape index (κ3) is 5.51. The van der Waals surface area contributed by atoms with Crippen molar-refractivity contribution in [3.63, 3.8) is 0 Å². The molecule has 1 heterocycles. The van der Waals surface area contributed by atoms with Crippen molar-refractivity contribution in [1.82, 2.24) is 10.3 Å². The summed E-state index contributed by atoms with van der Waals surface area (Å²) < 4.78 is 0. The van der Waals surface area contributed by atoms with Crippen LogP contribution in [0.15, 0.2) is 10.9 Å². The molecular formula is C18H26N2O4. The predicted molar refractivity (Wildman–Crippen MR) is 91.4 cm³/mol. The smallest absolute Gasteiger partial charge is 0.303 e. The third-order valence-corrected chi connectivity index (χ3v) is 4.44. The third-order valence-electron chi connectivity index (χ3n) is 4.44. The minimum Gasteiger partial charge on any atom is -0.481 e. The van der Waals surface area contributed by atoms with Crippen molar-refractivity contribution in [3.05, 3.63) is 33.2 Å². The highest BCUT2D eigenvalue weighted by molar-refractivity contribution is 5.94. The largest absolute Gasteiger partial charge is 0.481 e. The number of aromatic amines is 1. The molecule has 0 aliphatic heterocycles. The molecule has 1 aromatic rings. The first-order valence-corrected chi connectivity index (χ1v) is 8.83. The van der Waals surface area contributed by atoms with E-state index < -0.39 is 5.97 Å². The average Bonchev–Trinajstić information content (AvgIpc) is 2.77. The van der Waals surface area contributed by atoms with Gasteiger partial charge in [-0.25, -0.2) is 0 Å². The van der Waals surface area contributed by atoms with Crippen LogP contribution in [-0.2, 0) is 17.6 Å². The van der Waals surface area contributed by atoms with Crippen molar-refractivity contribution in [2.24, 2.45) is 0 Å². The number of pyridine rings is 1. The van der Waals surface area contributed by atoms with Gasteiger partial charge in [-0.3, -0.25) is 14.4 Å². The van der Waals surface area contributed by atoms with Crippen LogP contribution in [0.4, 0.5) is 0 Å². The Morgan fingerprint density at radius 1 is 1.08 bits per heavy atom. The number of aryl methyl sites for hydroxylation is 2. The second-order valence-corrected chi connectivity index (χ2v) is 6.39. The molecule has 0 saturated heterocycles. The Morgan fingerprint density at radius 2 is 1.83 bits per heavy atom. The van der Waals surface area contributed by atoms with E-state index in [4.69, 9.17) is 5.11 Å². The van der Waals surface area contributed by atoms with Crippen LogP contribution in [-0.4, -0.2) is 28.5 Å². The standard InChI is InChI=1S/C18H26N2O4/c21-16(22)10-6-1-2-7-11-19-17(23)14-12-13-8-4-3-5-9-15(13)20-18(14)24/h12H,1-11H2,(H,19,23)(H,20,24)(H,21,22). The molecular weight excluding hydrogens is 308 g/mol. The number of hydrogen-bond acceptors (Lipinski definition) is 3. The number of carboxylic acids is 1. The van der Waals surface area contributed by atoms with Crippen LogP contribution in [0.2, 0.25) is 0 Å². The monoisotopic (exact) mass is 334 g/mol. The Labute approximate surface area is 141 Å². The number of H-pyrrole nitrogens is 1. The van der Waals surface area contributed by atoms with E-state index in [1.165, 1.54) is 0 Å². The number of nitrogens with one attached hydrogen (secondary N) is 2. The Balaban J connectivity index is 1.81. The topological polar surface area (TPSA) is 99.3 Å². The van der Waals surface area contributed by atoms with E-state index in [-0.39, 0.29) is 23.5 Å². The fraction of sp³-hybridized carbons (Fsp3) is 0.611. The van der Waals surface area contributed by atoms with E-state index in [9.17, 15) is 14.4 Å². The van der Waals surface area contributed by atoms with E-state index in [0.29, 0.717) is 13.0 Å². The minimum absolute atomic E-state index is 0.191. The van der Waals surface area contributed by atoms with Crippen LogP contribution in [0, 0.1) is 0 Å². The van der Waals surface area contributed by atoms with Crippen molar-refractivity contribution in [2.75, 3.05) is 6.54 Å². The summed E-state index contributed by atoms with van der Waals surface area (Å²) in [6.45, 7) is 0.502. The van der Waals surface area contributed by atoms with E-state index in [2.05, 4.69) is 10.3 Å². The number of carbonyl (C=O) groups excluding carboxylic acids is 1. The summed E-state index contributed by atoms with van der Waals surface area (Å²) in [5.74, 6) is -1.10. The number of carbonyl (C=O) groups is 2. The Morgan fingerprint density at radius 3 is 2.62 bits per heavy atom. The van der Waals surface area contributed by atoms with Gasteiger partial charge in [0.1, 0.15) is 5.56 Å². The Bertz CT molecular complexity index is 636. The molecule has 3 N–H and O–H groups in total. The molecule has 6 nitrogen and oxygen atoms in total. The van der Waals surface area contributed by atoms with Crippen molar-refractivity contribution < 1.29 is 14.7 Å². The zero-order valence-electron chi connectivity index (χ0n) is 14.0. The van der Waals surface area contributed by atoms with E-state index in [1.54, 1.807) is 6.07 Å². The van der Waals surface area contributed by atoms with Crippen LogP contribution in [0.3, 0.4) is 0 Å². The molecule has 0 bridgehead atoms. The molecule has 0 fully saturated rings. The molecule has 0 aromatic carbocycles. The summed E-state index contributed by atoms with van der Waals surface area (Å²) in [5, 5.41) is 11.3. The summed E-state index contributed by atoms with van der Waals surface area (Å²) in [5.41, 5.74) is 1.95. The first-order valence-electron chi connectivity index (χ1n) is 8.83. The number of carboxylic acid groups (broad SMARTS) is 1. The van der Waals surface area contributed by atoms with Crippen molar-refractivity contribution in [2.45, 2.75) is 64.2 Å². The fourth-order valence-corrected chi connectivity index (χ4v) is 3.07. The van der Waals surface area contributed by atoms with Gasteiger partial charge in [0.05, 0.1) is 0 Å². The van der Waals surface area contributed by atoms with Gasteiger partial charge >= 0.3 is 5.97 Å². The van der Waals surface area contributed by atoms with Crippen LogP contribution in [0.5, 0.6) is 0 Å². The van der Waals surface area contributed by atoms with Crippen LogP contribution >= 0.6 is 0 Å². The minimum atomic E-state index is -0.772. The Hall–Kier alpha value is -2.11. The highest BCUT2D eigenvalue weighted by atomic mass is 16.4. The lowest BCUT2D eigenvalue weighted by molar-refractivity contribution is -0.137. The molecule has 0 atom stereocenters. The maximum absolute atomic E-state index is 12.2. The zero-order valence-corrected chi connectivity index (χ0v) is 14.0. The Kier molecular flexibility index (Phi) is 7.03. The number of hydrogen-bond donors (Lipinski definition) is 3. The normalized spacial score (nSPS) is 13.8. The number of aliphatic carboxylic acids is 1. The summed E-state index contributed by atoms with van der Waals surface area (Å²) in [6.07, 6.45) is 8.46. The second kappa shape index (κ2) is 9.25. The molecule has 1 amide bonds. The number of fused-ring (bicyclic) bond motifs is 1. The maximum Gasteiger partial charge on any atom is 0.303 e. The molecule has 1 aliphatic rings. The second-order valence-electron chi connectivity index (χ2n) is 6.39.